The largest absolute Gasteiger partial charge is 0.508 e. The van der Waals surface area contributed by atoms with Gasteiger partial charge in [0.1, 0.15) is 22.8 Å². The third-order valence-corrected chi connectivity index (χ3v) is 8.58. The Balaban J connectivity index is 1.70. The molecule has 4 aliphatic rings. The van der Waals surface area contributed by atoms with E-state index < -0.39 is 58.0 Å². The number of ketones is 2. The number of primary amides is 1. The number of aliphatic hydroxyl groups is 3. The van der Waals surface area contributed by atoms with Crippen LogP contribution in [0.2, 0.25) is 0 Å². The number of Topliss-reactive ketones (excluding diaryl/α,β-unsaturated/α-hetero) is 2. The van der Waals surface area contributed by atoms with E-state index in [1.807, 2.05) is 13.8 Å². The van der Waals surface area contributed by atoms with Gasteiger partial charge in [-0.25, -0.2) is 0 Å². The maximum atomic E-state index is 14.0. The summed E-state index contributed by atoms with van der Waals surface area (Å²) in [5, 5.41) is 45.0. The van der Waals surface area contributed by atoms with Crippen LogP contribution in [-0.2, 0) is 25.5 Å². The number of nitrogens with zero attached hydrogens (tertiary/aromatic N) is 2. The van der Waals surface area contributed by atoms with E-state index in [0.717, 1.165) is 5.69 Å². The van der Waals surface area contributed by atoms with Crippen LogP contribution < -0.4 is 10.6 Å². The second-order valence-electron chi connectivity index (χ2n) is 10.3. The van der Waals surface area contributed by atoms with Crippen molar-refractivity contribution in [1.82, 2.24) is 4.90 Å². The number of hydrogen-bond donors (Lipinski definition) is 5. The lowest BCUT2D eigenvalue weighted by atomic mass is 9.57. The highest BCUT2D eigenvalue weighted by atomic mass is 16.5. The molecule has 2 fully saturated rings. The molecule has 38 heavy (non-hydrogen) atoms. The van der Waals surface area contributed by atoms with E-state index >= 15 is 0 Å². The van der Waals surface area contributed by atoms with Gasteiger partial charge in [-0.3, -0.25) is 19.3 Å². The molecule has 11 nitrogen and oxygen atoms in total. The lowest BCUT2D eigenvalue weighted by Gasteiger charge is -2.51. The number of aliphatic hydroxyl groups excluding tert-OH is 2. The third kappa shape index (κ3) is 3.56. The summed E-state index contributed by atoms with van der Waals surface area (Å²) >= 11 is 0. The zero-order valence-corrected chi connectivity index (χ0v) is 21.4. The number of amides is 1. The Kier molecular flexibility index (Phi) is 6.49. The van der Waals surface area contributed by atoms with E-state index in [0.29, 0.717) is 45.0 Å². The monoisotopic (exact) mass is 527 g/mol. The number of ether oxygens (including phenoxy) is 1. The van der Waals surface area contributed by atoms with Gasteiger partial charge in [-0.15, -0.1) is 0 Å². The van der Waals surface area contributed by atoms with Crippen molar-refractivity contribution in [3.63, 3.8) is 0 Å². The van der Waals surface area contributed by atoms with Crippen LogP contribution in [0.4, 0.5) is 5.69 Å². The highest BCUT2D eigenvalue weighted by molar-refractivity contribution is 6.24. The molecule has 1 heterocycles. The number of phenols is 1. The van der Waals surface area contributed by atoms with Crippen molar-refractivity contribution < 1.29 is 39.5 Å². The highest BCUT2D eigenvalue weighted by Gasteiger charge is 2.64. The van der Waals surface area contributed by atoms with Crippen LogP contribution in [0.15, 0.2) is 29.0 Å². The number of nitrogens with two attached hydrogens (primary N) is 1. The van der Waals surface area contributed by atoms with Crippen molar-refractivity contribution in [3.05, 3.63) is 40.2 Å². The van der Waals surface area contributed by atoms with Gasteiger partial charge in [0.05, 0.1) is 24.8 Å². The van der Waals surface area contributed by atoms with Crippen molar-refractivity contribution in [2.75, 3.05) is 44.3 Å². The minimum atomic E-state index is -2.64. The molecular formula is C27H33N3O8. The zero-order valence-electron chi connectivity index (χ0n) is 21.4. The Hall–Kier alpha value is -3.41. The average Bonchev–Trinajstić information content (AvgIpc) is 2.89. The van der Waals surface area contributed by atoms with Crippen molar-refractivity contribution >= 4 is 28.9 Å². The number of phenolic OH excluding ortho intramolecular Hbond substituents is 1. The molecule has 4 atom stereocenters. The van der Waals surface area contributed by atoms with Gasteiger partial charge in [0.15, 0.2) is 11.4 Å². The Labute approximate surface area is 219 Å². The quantitative estimate of drug-likeness (QED) is 0.341. The number of carbonyl (C=O) groups is 3. The number of fused-ring (bicyclic) bond motifs is 3. The fraction of sp³-hybridized carbons (Fsp3) is 0.519. The summed E-state index contributed by atoms with van der Waals surface area (Å²) in [5.74, 6) is -6.45. The molecular weight excluding hydrogens is 494 g/mol. The maximum Gasteiger partial charge on any atom is 0.255 e. The molecule has 5 rings (SSSR count). The van der Waals surface area contributed by atoms with Crippen LogP contribution in [0.1, 0.15) is 31.4 Å². The first-order valence-corrected chi connectivity index (χ1v) is 13.0. The molecule has 0 radical (unpaired) electrons. The van der Waals surface area contributed by atoms with E-state index in [-0.39, 0.29) is 29.7 Å². The smallest absolute Gasteiger partial charge is 0.255 e. The zero-order chi connectivity index (χ0) is 27.5. The van der Waals surface area contributed by atoms with E-state index in [1.165, 1.54) is 6.07 Å². The fourth-order valence-corrected chi connectivity index (χ4v) is 6.77. The lowest BCUT2D eigenvalue weighted by Crippen LogP contribution is -2.66. The van der Waals surface area contributed by atoms with Crippen molar-refractivity contribution in [2.45, 2.75) is 38.3 Å². The Morgan fingerprint density at radius 3 is 2.42 bits per heavy atom. The maximum absolute atomic E-state index is 14.0. The Morgan fingerprint density at radius 1 is 1.16 bits per heavy atom. The first-order valence-electron chi connectivity index (χ1n) is 13.0. The van der Waals surface area contributed by atoms with Crippen LogP contribution in [0.3, 0.4) is 0 Å². The fourth-order valence-electron chi connectivity index (χ4n) is 6.77. The van der Waals surface area contributed by atoms with Gasteiger partial charge >= 0.3 is 0 Å². The number of hydrogen-bond acceptors (Lipinski definition) is 10. The molecule has 1 amide bonds. The Morgan fingerprint density at radius 2 is 1.82 bits per heavy atom. The van der Waals surface area contributed by atoms with Gasteiger partial charge in [0, 0.05) is 30.3 Å². The number of aromatic hydroxyl groups is 1. The predicted molar refractivity (Wildman–Crippen MR) is 137 cm³/mol. The molecule has 4 unspecified atom stereocenters. The van der Waals surface area contributed by atoms with Crippen LogP contribution in [0, 0.1) is 11.8 Å². The number of benzene rings is 1. The van der Waals surface area contributed by atoms with Crippen molar-refractivity contribution in [2.24, 2.45) is 17.6 Å². The molecule has 204 valence electrons. The molecule has 1 aromatic rings. The standard InChI is InChI=1S/C27H33N3O8/c1-3-29(4-2)21-15-12-13-11-14-16(30-7-9-38-10-8-30)5-6-17(31)19(14)22(32)18(13)24(34)27(15,37)25(35)20(23(21)33)26(28)36/h5-6,13,15,21,31-32,35,37H,3-4,7-12H2,1-2H3,(H2,28,36). The topological polar surface area (TPSA) is 174 Å². The third-order valence-electron chi connectivity index (χ3n) is 8.58. The van der Waals surface area contributed by atoms with Gasteiger partial charge in [0.25, 0.3) is 5.91 Å². The minimum absolute atomic E-state index is 0.0717. The molecule has 1 saturated carbocycles. The number of anilines is 1. The number of morpholine rings is 1. The minimum Gasteiger partial charge on any atom is -0.508 e. The summed E-state index contributed by atoms with van der Waals surface area (Å²) < 4.78 is 5.46. The van der Waals surface area contributed by atoms with E-state index in [9.17, 15) is 34.8 Å². The molecule has 6 N–H and O–H groups in total. The van der Waals surface area contributed by atoms with Crippen LogP contribution in [-0.4, -0.2) is 93.8 Å². The molecule has 0 bridgehead atoms. The number of likely N-dealkylation sites (N-methyl/N-ethyl adjacent to an activating group) is 1. The second kappa shape index (κ2) is 9.40. The number of rotatable bonds is 5. The van der Waals surface area contributed by atoms with Gasteiger partial charge in [-0.2, -0.15) is 0 Å². The summed E-state index contributed by atoms with van der Waals surface area (Å²) in [6, 6.07) is 2.14. The lowest BCUT2D eigenvalue weighted by molar-refractivity contribution is -0.154. The molecule has 1 saturated heterocycles. The van der Waals surface area contributed by atoms with Gasteiger partial charge < -0.3 is 35.8 Å². The van der Waals surface area contributed by atoms with E-state index in [1.54, 1.807) is 11.0 Å². The van der Waals surface area contributed by atoms with Crippen molar-refractivity contribution in [1.29, 1.82) is 0 Å². The molecule has 0 spiro atoms. The van der Waals surface area contributed by atoms with Crippen LogP contribution in [0.25, 0.3) is 5.76 Å². The highest BCUT2D eigenvalue weighted by Crippen LogP contribution is 2.53. The molecule has 1 aromatic carbocycles. The predicted octanol–water partition coefficient (Wildman–Crippen LogP) is 0.581. The first-order chi connectivity index (χ1) is 18.1. The van der Waals surface area contributed by atoms with Crippen LogP contribution >= 0.6 is 0 Å². The molecule has 11 heteroatoms. The van der Waals surface area contributed by atoms with Gasteiger partial charge in [-0.1, -0.05) is 13.8 Å². The van der Waals surface area contributed by atoms with Gasteiger partial charge in [-0.05, 0) is 49.5 Å². The summed E-state index contributed by atoms with van der Waals surface area (Å²) in [7, 11) is 0. The normalized spacial score (nSPS) is 29.4. The molecule has 3 aliphatic carbocycles. The van der Waals surface area contributed by atoms with Crippen molar-refractivity contribution in [3.8, 4) is 5.75 Å². The summed E-state index contributed by atoms with van der Waals surface area (Å²) in [6.07, 6.45) is 0.336. The summed E-state index contributed by atoms with van der Waals surface area (Å²) in [4.78, 5) is 43.5. The number of carbonyl (C=O) groups excluding carboxylic acids is 3. The molecule has 0 aromatic heterocycles. The van der Waals surface area contributed by atoms with E-state index in [2.05, 4.69) is 4.90 Å². The van der Waals surface area contributed by atoms with E-state index in [4.69, 9.17) is 10.5 Å². The second-order valence-corrected chi connectivity index (χ2v) is 10.3. The molecule has 1 aliphatic heterocycles. The first kappa shape index (κ1) is 26.2. The SMILES string of the molecule is CCN(CC)C1C(=O)C(C(N)=O)=C(O)C2(O)C(=O)C3=C(O)c4c(O)ccc(N5CCOCC5)c4CC3CC12. The summed E-state index contributed by atoms with van der Waals surface area (Å²) in [6.45, 7) is 6.69. The van der Waals surface area contributed by atoms with Crippen LogP contribution in [0.5, 0.6) is 5.75 Å². The summed E-state index contributed by atoms with van der Waals surface area (Å²) in [5.41, 5.74) is 3.40. The van der Waals surface area contributed by atoms with Gasteiger partial charge in [0.2, 0.25) is 5.78 Å². The average molecular weight is 528 g/mol. The Bertz CT molecular complexity index is 1280.